The molecule has 1 amide bonds. The van der Waals surface area contributed by atoms with E-state index in [0.29, 0.717) is 48.1 Å². The van der Waals surface area contributed by atoms with Gasteiger partial charge in [0.2, 0.25) is 0 Å². The van der Waals surface area contributed by atoms with Crippen LogP contribution in [-0.4, -0.2) is 50.5 Å². The molecule has 1 unspecified atom stereocenters. The number of aryl methyl sites for hydroxylation is 2. The van der Waals surface area contributed by atoms with E-state index >= 15 is 0 Å². The summed E-state index contributed by atoms with van der Waals surface area (Å²) in [7, 11) is -1.30. The minimum Gasteiger partial charge on any atom is -0.379 e. The number of nitrogens with one attached hydrogen (secondary N) is 1. The Morgan fingerprint density at radius 3 is 2.48 bits per heavy atom. The van der Waals surface area contributed by atoms with Crippen molar-refractivity contribution in [3.05, 3.63) is 71.0 Å². The lowest BCUT2D eigenvalue weighted by Crippen LogP contribution is -2.37. The first-order valence-electron chi connectivity index (χ1n) is 10.2. The Morgan fingerprint density at radius 2 is 1.77 bits per heavy atom. The van der Waals surface area contributed by atoms with Crippen LogP contribution < -0.4 is 5.32 Å². The summed E-state index contributed by atoms with van der Waals surface area (Å²) in [4.78, 5) is 13.8. The second-order valence-electron chi connectivity index (χ2n) is 7.52. The number of ether oxygens (including phenoxy) is 1. The number of hydrogen-bond donors (Lipinski definition) is 1. The van der Waals surface area contributed by atoms with Gasteiger partial charge in [-0.15, -0.1) is 0 Å². The SMILES string of the molecule is Cc1ccc(NC(=O)c2c(C)nn(-c3ccccc3)c2C)cc1S(=O)N1CCOCC1. The number of nitrogens with zero attached hydrogens (tertiary/aromatic N) is 3. The topological polar surface area (TPSA) is 76.5 Å². The van der Waals surface area contributed by atoms with Gasteiger partial charge in [-0.1, -0.05) is 24.3 Å². The molecule has 1 atom stereocenters. The molecule has 1 aliphatic rings. The van der Waals surface area contributed by atoms with Crippen molar-refractivity contribution in [1.29, 1.82) is 0 Å². The first-order valence-corrected chi connectivity index (χ1v) is 11.3. The average molecular weight is 439 g/mol. The first-order chi connectivity index (χ1) is 15.0. The van der Waals surface area contributed by atoms with Crippen LogP contribution in [0.5, 0.6) is 0 Å². The third kappa shape index (κ3) is 4.46. The number of anilines is 1. The van der Waals surface area contributed by atoms with Crippen molar-refractivity contribution in [3.63, 3.8) is 0 Å². The maximum Gasteiger partial charge on any atom is 0.259 e. The highest BCUT2D eigenvalue weighted by molar-refractivity contribution is 7.82. The van der Waals surface area contributed by atoms with Crippen molar-refractivity contribution in [2.24, 2.45) is 0 Å². The third-order valence-corrected chi connectivity index (χ3v) is 7.01. The summed E-state index contributed by atoms with van der Waals surface area (Å²) >= 11 is 0. The van der Waals surface area contributed by atoms with Gasteiger partial charge in [-0.3, -0.25) is 4.79 Å². The summed E-state index contributed by atoms with van der Waals surface area (Å²) in [6.45, 7) is 8.04. The summed E-state index contributed by atoms with van der Waals surface area (Å²) in [6.07, 6.45) is 0. The molecule has 1 saturated heterocycles. The normalized spacial score (nSPS) is 15.6. The highest BCUT2D eigenvalue weighted by Gasteiger charge is 2.22. The minimum atomic E-state index is -1.30. The van der Waals surface area contributed by atoms with Crippen LogP contribution in [0.15, 0.2) is 53.4 Å². The Kier molecular flexibility index (Phi) is 6.31. The predicted octanol–water partition coefficient (Wildman–Crippen LogP) is 3.40. The van der Waals surface area contributed by atoms with Gasteiger partial charge in [0.1, 0.15) is 11.0 Å². The maximum absolute atomic E-state index is 13.1. The lowest BCUT2D eigenvalue weighted by molar-refractivity contribution is 0.0752. The van der Waals surface area contributed by atoms with E-state index in [1.165, 1.54) is 0 Å². The molecule has 0 aliphatic carbocycles. The number of amides is 1. The van der Waals surface area contributed by atoms with Crippen LogP contribution in [0.2, 0.25) is 0 Å². The van der Waals surface area contributed by atoms with Crippen molar-refractivity contribution in [1.82, 2.24) is 14.1 Å². The number of morpholine rings is 1. The second-order valence-corrected chi connectivity index (χ2v) is 8.97. The summed E-state index contributed by atoms with van der Waals surface area (Å²) in [5, 5.41) is 7.51. The van der Waals surface area contributed by atoms with Crippen LogP contribution in [0.3, 0.4) is 0 Å². The zero-order chi connectivity index (χ0) is 22.0. The maximum atomic E-state index is 13.1. The second kappa shape index (κ2) is 9.13. The van der Waals surface area contributed by atoms with Crippen LogP contribution >= 0.6 is 0 Å². The minimum absolute atomic E-state index is 0.232. The molecule has 31 heavy (non-hydrogen) atoms. The standard InChI is InChI=1S/C23H26N4O3S/c1-16-9-10-19(15-21(16)31(29)26-11-13-30-14-12-26)24-23(28)22-17(2)25-27(18(22)3)20-7-5-4-6-8-20/h4-10,15H,11-14H2,1-3H3,(H,24,28). The van der Waals surface area contributed by atoms with Crippen molar-refractivity contribution in [2.75, 3.05) is 31.6 Å². The molecular weight excluding hydrogens is 412 g/mol. The Hall–Kier alpha value is -2.81. The van der Waals surface area contributed by atoms with Gasteiger partial charge < -0.3 is 10.1 Å². The van der Waals surface area contributed by atoms with Gasteiger partial charge in [-0.25, -0.2) is 13.2 Å². The van der Waals surface area contributed by atoms with Crippen LogP contribution in [0, 0.1) is 20.8 Å². The van der Waals surface area contributed by atoms with E-state index in [1.54, 1.807) is 10.7 Å². The van der Waals surface area contributed by atoms with Crippen LogP contribution in [0.1, 0.15) is 27.3 Å². The van der Waals surface area contributed by atoms with E-state index < -0.39 is 11.0 Å². The molecule has 1 N–H and O–H groups in total. The van der Waals surface area contributed by atoms with Gasteiger partial charge in [0.05, 0.1) is 40.7 Å². The number of para-hydroxylation sites is 1. The van der Waals surface area contributed by atoms with Gasteiger partial charge in [-0.2, -0.15) is 5.10 Å². The van der Waals surface area contributed by atoms with Gasteiger partial charge in [0.25, 0.3) is 5.91 Å². The molecule has 0 saturated carbocycles. The molecule has 8 heteroatoms. The molecule has 2 heterocycles. The number of rotatable bonds is 5. The number of hydrogen-bond acceptors (Lipinski definition) is 4. The molecule has 7 nitrogen and oxygen atoms in total. The van der Waals surface area contributed by atoms with Crippen LogP contribution in [0.25, 0.3) is 5.69 Å². The Labute approximate surface area is 184 Å². The lowest BCUT2D eigenvalue weighted by Gasteiger charge is -2.26. The van der Waals surface area contributed by atoms with E-state index in [-0.39, 0.29) is 5.91 Å². The van der Waals surface area contributed by atoms with Gasteiger partial charge in [0.15, 0.2) is 0 Å². The monoisotopic (exact) mass is 438 g/mol. The summed E-state index contributed by atoms with van der Waals surface area (Å²) in [5.74, 6) is -0.232. The van der Waals surface area contributed by atoms with E-state index in [2.05, 4.69) is 10.4 Å². The highest BCUT2D eigenvalue weighted by atomic mass is 32.2. The fraction of sp³-hybridized carbons (Fsp3) is 0.304. The quantitative estimate of drug-likeness (QED) is 0.662. The molecule has 1 aromatic heterocycles. The fourth-order valence-corrected chi connectivity index (χ4v) is 5.03. The Morgan fingerprint density at radius 1 is 1.06 bits per heavy atom. The molecule has 4 rings (SSSR count). The van der Waals surface area contributed by atoms with Gasteiger partial charge in [0, 0.05) is 18.8 Å². The van der Waals surface area contributed by atoms with Gasteiger partial charge >= 0.3 is 0 Å². The molecule has 1 aliphatic heterocycles. The van der Waals surface area contributed by atoms with E-state index in [4.69, 9.17) is 4.74 Å². The molecule has 1 fully saturated rings. The van der Waals surface area contributed by atoms with E-state index in [0.717, 1.165) is 16.9 Å². The zero-order valence-corrected chi connectivity index (χ0v) is 18.7. The van der Waals surface area contributed by atoms with E-state index in [1.807, 2.05) is 67.5 Å². The molecule has 0 radical (unpaired) electrons. The van der Waals surface area contributed by atoms with Crippen molar-refractivity contribution in [2.45, 2.75) is 25.7 Å². The number of aromatic nitrogens is 2. The molecule has 3 aromatic rings. The third-order valence-electron chi connectivity index (χ3n) is 5.36. The molecular formula is C23H26N4O3S. The Balaban J connectivity index is 1.58. The van der Waals surface area contributed by atoms with Crippen LogP contribution in [-0.2, 0) is 15.7 Å². The predicted molar refractivity (Wildman–Crippen MR) is 121 cm³/mol. The van der Waals surface area contributed by atoms with Gasteiger partial charge in [-0.05, 0) is 50.6 Å². The fourth-order valence-electron chi connectivity index (χ4n) is 3.70. The van der Waals surface area contributed by atoms with Crippen molar-refractivity contribution >= 4 is 22.6 Å². The van der Waals surface area contributed by atoms with Crippen LogP contribution in [0.4, 0.5) is 5.69 Å². The smallest absolute Gasteiger partial charge is 0.259 e. The first kappa shape index (κ1) is 21.4. The zero-order valence-electron chi connectivity index (χ0n) is 17.9. The molecule has 0 bridgehead atoms. The average Bonchev–Trinajstić information content (AvgIpc) is 3.09. The molecule has 162 valence electrons. The van der Waals surface area contributed by atoms with Crippen molar-refractivity contribution < 1.29 is 13.7 Å². The molecule has 0 spiro atoms. The van der Waals surface area contributed by atoms with Crippen molar-refractivity contribution in [3.8, 4) is 5.69 Å². The summed E-state index contributed by atoms with van der Waals surface area (Å²) < 4.78 is 22.1. The summed E-state index contributed by atoms with van der Waals surface area (Å²) in [5.41, 5.74) is 4.40. The highest BCUT2D eigenvalue weighted by Crippen LogP contribution is 2.24. The summed E-state index contributed by atoms with van der Waals surface area (Å²) in [6, 6.07) is 15.2. The number of carbonyl (C=O) groups is 1. The number of carbonyl (C=O) groups excluding carboxylic acids is 1. The molecule has 2 aromatic carbocycles. The van der Waals surface area contributed by atoms with E-state index in [9.17, 15) is 9.00 Å². The largest absolute Gasteiger partial charge is 0.379 e. The Bertz CT molecular complexity index is 1120. The number of benzene rings is 2. The lowest BCUT2D eigenvalue weighted by atomic mass is 10.1.